The van der Waals surface area contributed by atoms with Gasteiger partial charge in [-0.25, -0.2) is 0 Å². The highest BCUT2D eigenvalue weighted by Crippen LogP contribution is 2.23. The van der Waals surface area contributed by atoms with Crippen LogP contribution in [0, 0.1) is 0 Å². The van der Waals surface area contributed by atoms with E-state index in [2.05, 4.69) is 12.2 Å². The monoisotopic (exact) mass is 291 g/mol. The molecule has 0 bridgehead atoms. The van der Waals surface area contributed by atoms with Gasteiger partial charge in [-0.3, -0.25) is 4.79 Å². The zero-order chi connectivity index (χ0) is 14.7. The number of carbonyl (C=O) groups is 1. The Morgan fingerprint density at radius 3 is 2.63 bits per heavy atom. The normalized spacial score (nSPS) is 15.8. The summed E-state index contributed by atoms with van der Waals surface area (Å²) < 4.78 is 10.2. The molecule has 1 N–H and O–H groups in total. The van der Waals surface area contributed by atoms with Crippen LogP contribution in [-0.2, 0) is 14.3 Å². The Balaban J connectivity index is 4.27. The maximum Gasteiger partial charge on any atom is 0.326 e. The molecule has 0 heterocycles. The minimum atomic E-state index is -0.585. The average molecular weight is 291 g/mol. The minimum Gasteiger partial charge on any atom is -0.465 e. The smallest absolute Gasteiger partial charge is 0.326 e. The van der Waals surface area contributed by atoms with Gasteiger partial charge in [0, 0.05) is 19.0 Å². The van der Waals surface area contributed by atoms with Crippen LogP contribution in [0.1, 0.15) is 40.5 Å². The van der Waals surface area contributed by atoms with Gasteiger partial charge >= 0.3 is 5.97 Å². The molecule has 0 saturated carbocycles. The zero-order valence-corrected chi connectivity index (χ0v) is 13.8. The molecule has 0 aliphatic carbocycles. The summed E-state index contributed by atoms with van der Waals surface area (Å²) in [5, 5.41) is 3.67. The van der Waals surface area contributed by atoms with Crippen molar-refractivity contribution in [3.8, 4) is 0 Å². The summed E-state index contributed by atoms with van der Waals surface area (Å²) in [5.74, 6) is 0.904. The Hall–Kier alpha value is -0.260. The SMILES string of the molecule is CCNC(C)(CC(C)SCCCOC)C(=O)OCC. The second kappa shape index (κ2) is 10.5. The van der Waals surface area contributed by atoms with Crippen LogP contribution in [0.2, 0.25) is 0 Å². The van der Waals surface area contributed by atoms with E-state index in [0.29, 0.717) is 11.9 Å². The Bertz CT molecular complexity index is 251. The van der Waals surface area contributed by atoms with Crippen LogP contribution in [0.15, 0.2) is 0 Å². The predicted octanol–water partition coefficient (Wildman–Crippen LogP) is 2.47. The van der Waals surface area contributed by atoms with Crippen molar-refractivity contribution in [1.29, 1.82) is 0 Å². The fourth-order valence-electron chi connectivity index (χ4n) is 2.03. The number of methoxy groups -OCH3 is 1. The first-order valence-electron chi connectivity index (χ1n) is 7.03. The standard InChI is InChI=1S/C14H29NO3S/c1-6-15-14(4,13(16)18-7-2)11-12(3)19-10-8-9-17-5/h12,15H,6-11H2,1-5H3. The third kappa shape index (κ3) is 7.80. The summed E-state index contributed by atoms with van der Waals surface area (Å²) in [6, 6.07) is 0. The van der Waals surface area contributed by atoms with Gasteiger partial charge in [0.15, 0.2) is 0 Å². The molecule has 0 aromatic carbocycles. The molecule has 0 radical (unpaired) electrons. The molecule has 2 atom stereocenters. The number of hydrogen-bond donors (Lipinski definition) is 1. The van der Waals surface area contributed by atoms with E-state index in [1.54, 1.807) is 7.11 Å². The van der Waals surface area contributed by atoms with E-state index in [4.69, 9.17) is 9.47 Å². The van der Waals surface area contributed by atoms with Crippen LogP contribution >= 0.6 is 11.8 Å². The third-order valence-corrected chi connectivity index (χ3v) is 4.14. The van der Waals surface area contributed by atoms with E-state index in [9.17, 15) is 4.79 Å². The summed E-state index contributed by atoms with van der Waals surface area (Å²) >= 11 is 1.88. The molecule has 0 spiro atoms. The summed E-state index contributed by atoms with van der Waals surface area (Å²) in [5.41, 5.74) is -0.585. The van der Waals surface area contributed by atoms with Crippen molar-refractivity contribution < 1.29 is 14.3 Å². The Morgan fingerprint density at radius 1 is 1.42 bits per heavy atom. The molecule has 0 fully saturated rings. The molecule has 0 aliphatic heterocycles. The summed E-state index contributed by atoms with van der Waals surface area (Å²) in [6.45, 7) is 9.92. The van der Waals surface area contributed by atoms with Crippen LogP contribution in [0.25, 0.3) is 0 Å². The van der Waals surface area contributed by atoms with E-state index in [0.717, 1.165) is 31.7 Å². The van der Waals surface area contributed by atoms with Crippen molar-refractivity contribution in [1.82, 2.24) is 5.32 Å². The first-order valence-corrected chi connectivity index (χ1v) is 8.07. The topological polar surface area (TPSA) is 47.6 Å². The lowest BCUT2D eigenvalue weighted by Gasteiger charge is -2.30. The van der Waals surface area contributed by atoms with Gasteiger partial charge in [0.1, 0.15) is 5.54 Å². The van der Waals surface area contributed by atoms with Crippen LogP contribution in [-0.4, -0.2) is 49.4 Å². The van der Waals surface area contributed by atoms with Crippen molar-refractivity contribution in [3.05, 3.63) is 0 Å². The highest BCUT2D eigenvalue weighted by molar-refractivity contribution is 7.99. The van der Waals surface area contributed by atoms with Gasteiger partial charge in [0.2, 0.25) is 0 Å². The van der Waals surface area contributed by atoms with E-state index in [1.807, 2.05) is 32.5 Å². The molecule has 0 aromatic rings. The number of likely N-dealkylation sites (N-methyl/N-ethyl adjacent to an activating group) is 1. The Labute approximate surface area is 122 Å². The molecular weight excluding hydrogens is 262 g/mol. The zero-order valence-electron chi connectivity index (χ0n) is 13.0. The highest BCUT2D eigenvalue weighted by Gasteiger charge is 2.35. The number of rotatable bonds is 11. The maximum absolute atomic E-state index is 12.1. The van der Waals surface area contributed by atoms with Crippen LogP contribution in [0.4, 0.5) is 0 Å². The fraction of sp³-hybridized carbons (Fsp3) is 0.929. The number of carbonyl (C=O) groups excluding carboxylic acids is 1. The number of thioether (sulfide) groups is 1. The first-order chi connectivity index (χ1) is 9.00. The fourth-order valence-corrected chi connectivity index (χ4v) is 3.17. The van der Waals surface area contributed by atoms with Gasteiger partial charge in [0.25, 0.3) is 0 Å². The number of hydrogen-bond acceptors (Lipinski definition) is 5. The second-order valence-electron chi connectivity index (χ2n) is 4.81. The van der Waals surface area contributed by atoms with Crippen LogP contribution in [0.5, 0.6) is 0 Å². The molecule has 0 aromatic heterocycles. The van der Waals surface area contributed by atoms with Gasteiger partial charge in [-0.15, -0.1) is 0 Å². The Kier molecular flexibility index (Phi) is 10.4. The van der Waals surface area contributed by atoms with Crippen molar-refractivity contribution in [2.75, 3.05) is 32.6 Å². The summed E-state index contributed by atoms with van der Waals surface area (Å²) in [6.07, 6.45) is 1.82. The average Bonchev–Trinajstić information content (AvgIpc) is 2.35. The van der Waals surface area contributed by atoms with Crippen molar-refractivity contribution in [2.45, 2.75) is 51.3 Å². The number of ether oxygens (including phenoxy) is 2. The van der Waals surface area contributed by atoms with Gasteiger partial charge in [-0.1, -0.05) is 13.8 Å². The van der Waals surface area contributed by atoms with E-state index in [-0.39, 0.29) is 5.97 Å². The molecule has 114 valence electrons. The van der Waals surface area contributed by atoms with E-state index >= 15 is 0 Å². The largest absolute Gasteiger partial charge is 0.465 e. The maximum atomic E-state index is 12.1. The summed E-state index contributed by atoms with van der Waals surface area (Å²) in [4.78, 5) is 12.1. The minimum absolute atomic E-state index is 0.152. The van der Waals surface area contributed by atoms with Crippen molar-refractivity contribution in [2.24, 2.45) is 0 Å². The van der Waals surface area contributed by atoms with Gasteiger partial charge in [-0.05, 0) is 39.0 Å². The Morgan fingerprint density at radius 2 is 2.11 bits per heavy atom. The number of esters is 1. The van der Waals surface area contributed by atoms with E-state index in [1.165, 1.54) is 0 Å². The van der Waals surface area contributed by atoms with Gasteiger partial charge < -0.3 is 14.8 Å². The van der Waals surface area contributed by atoms with Crippen molar-refractivity contribution >= 4 is 17.7 Å². The molecule has 19 heavy (non-hydrogen) atoms. The number of nitrogens with one attached hydrogen (secondary N) is 1. The molecule has 0 rings (SSSR count). The quantitative estimate of drug-likeness (QED) is 0.468. The van der Waals surface area contributed by atoms with Gasteiger partial charge in [0.05, 0.1) is 6.61 Å². The lowest BCUT2D eigenvalue weighted by Crippen LogP contribution is -2.51. The molecule has 2 unspecified atom stereocenters. The second-order valence-corrected chi connectivity index (χ2v) is 6.36. The van der Waals surface area contributed by atoms with Crippen LogP contribution in [0.3, 0.4) is 0 Å². The summed E-state index contributed by atoms with van der Waals surface area (Å²) in [7, 11) is 1.72. The lowest BCUT2D eigenvalue weighted by atomic mass is 9.96. The predicted molar refractivity (Wildman–Crippen MR) is 81.7 cm³/mol. The van der Waals surface area contributed by atoms with Crippen LogP contribution < -0.4 is 5.32 Å². The third-order valence-electron chi connectivity index (χ3n) is 2.88. The lowest BCUT2D eigenvalue weighted by molar-refractivity contribution is -0.150. The van der Waals surface area contributed by atoms with E-state index < -0.39 is 5.54 Å². The molecule has 5 heteroatoms. The molecule has 0 amide bonds. The molecule has 0 aliphatic rings. The van der Waals surface area contributed by atoms with Crippen molar-refractivity contribution in [3.63, 3.8) is 0 Å². The highest BCUT2D eigenvalue weighted by atomic mass is 32.2. The van der Waals surface area contributed by atoms with Gasteiger partial charge in [-0.2, -0.15) is 11.8 Å². The molecule has 4 nitrogen and oxygen atoms in total. The first kappa shape index (κ1) is 18.7. The molecule has 0 saturated heterocycles. The molecular formula is C14H29NO3S.